The minimum atomic E-state index is -1.30. The summed E-state index contributed by atoms with van der Waals surface area (Å²) in [6.07, 6.45) is 1.00. The van der Waals surface area contributed by atoms with E-state index in [0.717, 1.165) is 10.0 Å². The number of carboxylic acid groups (broad SMARTS) is 2. The average molecular weight is 514 g/mol. The summed E-state index contributed by atoms with van der Waals surface area (Å²) in [6, 6.07) is -1.43. The molecule has 0 spiro atoms. The number of aliphatic carboxylic acids is 2. The van der Waals surface area contributed by atoms with Gasteiger partial charge in [-0.25, -0.2) is 9.59 Å². The zero-order valence-electron chi connectivity index (χ0n) is 18.1. The van der Waals surface area contributed by atoms with Crippen LogP contribution in [0.4, 0.5) is 11.4 Å². The first kappa shape index (κ1) is 25.6. The maximum Gasteiger partial charge on any atom is 0.332 e. The second-order valence-electron chi connectivity index (χ2n) is 7.47. The Kier molecular flexibility index (Phi) is 7.45. The molecule has 2 aliphatic heterocycles. The molecule has 0 aromatic heterocycles. The third kappa shape index (κ3) is 5.37. The molecule has 2 fully saturated rings. The van der Waals surface area contributed by atoms with Gasteiger partial charge in [0, 0.05) is 6.07 Å². The van der Waals surface area contributed by atoms with Crippen LogP contribution < -0.4 is 9.68 Å². The molecule has 2 heterocycles. The van der Waals surface area contributed by atoms with Crippen LogP contribution in [0, 0.1) is 30.6 Å². The molecular formula is C16H18N8O12. The summed E-state index contributed by atoms with van der Waals surface area (Å²) < 4.78 is 0. The molecule has 0 radical (unpaired) electrons. The van der Waals surface area contributed by atoms with Crippen molar-refractivity contribution < 1.29 is 49.3 Å². The highest BCUT2D eigenvalue weighted by molar-refractivity contribution is 5.73. The number of rotatable bonds is 10. The average Bonchev–Trinajstić information content (AvgIpc) is 3.50. The summed E-state index contributed by atoms with van der Waals surface area (Å²) in [4.78, 5) is 52.2. The van der Waals surface area contributed by atoms with Gasteiger partial charge >= 0.3 is 23.3 Å². The van der Waals surface area contributed by atoms with Gasteiger partial charge in [-0.15, -0.1) is 10.0 Å². The lowest BCUT2D eigenvalue weighted by Crippen LogP contribution is -2.40. The van der Waals surface area contributed by atoms with Crippen LogP contribution in [-0.4, -0.2) is 77.1 Å². The van der Waals surface area contributed by atoms with E-state index in [1.54, 1.807) is 0 Å². The standard InChI is InChI=1S/C16H18N8O12/c25-15(26)9-3-1-5-19(9)23(33)17-35-13-8-14(12(22(31)32)7-11(13)21(29)30)36-18-24(34)20-6-2-4-10(20)16(27)28/h7-10H,1-6H2,(H,25,26)(H,27,28)/b23-17-,24-18-/t9-,10-/m0/s1. The number of carboxylic acids is 2. The highest BCUT2D eigenvalue weighted by Gasteiger charge is 2.38. The Morgan fingerprint density at radius 2 is 1.19 bits per heavy atom. The van der Waals surface area contributed by atoms with E-state index in [9.17, 15) is 40.2 Å². The zero-order valence-corrected chi connectivity index (χ0v) is 18.1. The molecule has 2 N–H and O–H groups in total. The molecule has 0 aliphatic carbocycles. The van der Waals surface area contributed by atoms with Crippen LogP contribution in [0.3, 0.4) is 0 Å². The molecule has 20 nitrogen and oxygen atoms in total. The lowest BCUT2D eigenvalue weighted by atomic mass is 10.2. The second kappa shape index (κ2) is 10.5. The van der Waals surface area contributed by atoms with Gasteiger partial charge in [0.25, 0.3) is 0 Å². The fraction of sp³-hybridized carbons (Fsp3) is 0.500. The third-order valence-corrected chi connectivity index (χ3v) is 5.31. The molecule has 3 rings (SSSR count). The molecule has 194 valence electrons. The summed E-state index contributed by atoms with van der Waals surface area (Å²) in [7, 11) is 0. The van der Waals surface area contributed by atoms with Gasteiger partial charge in [0.05, 0.1) is 32.9 Å². The predicted octanol–water partition coefficient (Wildman–Crippen LogP) is 0.944. The number of nitrogens with zero attached hydrogens (tertiary/aromatic N) is 8. The number of nitro groups is 2. The molecule has 0 unspecified atom stereocenters. The number of hydrogen-bond donors (Lipinski definition) is 2. The fourth-order valence-corrected chi connectivity index (χ4v) is 3.64. The Morgan fingerprint density at radius 1 is 0.806 bits per heavy atom. The molecule has 1 aromatic carbocycles. The first-order valence-corrected chi connectivity index (χ1v) is 10.2. The van der Waals surface area contributed by atoms with Crippen LogP contribution in [0.1, 0.15) is 25.7 Å². The summed E-state index contributed by atoms with van der Waals surface area (Å²) in [5.41, 5.74) is -2.02. The molecule has 0 bridgehead atoms. The van der Waals surface area contributed by atoms with Crippen molar-refractivity contribution in [2.24, 2.45) is 10.6 Å². The lowest BCUT2D eigenvalue weighted by molar-refractivity contribution is -0.708. The van der Waals surface area contributed by atoms with Crippen LogP contribution in [0.15, 0.2) is 22.7 Å². The summed E-state index contributed by atoms with van der Waals surface area (Å²) >= 11 is 0. The third-order valence-electron chi connectivity index (χ3n) is 5.31. The van der Waals surface area contributed by atoms with Crippen molar-refractivity contribution in [3.8, 4) is 11.5 Å². The van der Waals surface area contributed by atoms with Crippen molar-refractivity contribution >= 4 is 23.3 Å². The molecule has 2 atom stereocenters. The SMILES string of the molecule is O=C(O)[C@@H]1CCCN1/[N+]([O-])=N/Oc1cc(O/N=[N+](\[O-])N2CCC[C@H]2C(=O)O)c([N+](=O)[O-])cc1[N+](=O)[O-]. The van der Waals surface area contributed by atoms with Gasteiger partial charge in [0.2, 0.25) is 22.1 Å². The van der Waals surface area contributed by atoms with Crippen LogP contribution in [0.5, 0.6) is 11.5 Å². The van der Waals surface area contributed by atoms with Gasteiger partial charge in [-0.2, -0.15) is 0 Å². The Balaban J connectivity index is 1.91. The van der Waals surface area contributed by atoms with E-state index in [1.807, 2.05) is 0 Å². The molecule has 0 amide bonds. The van der Waals surface area contributed by atoms with Crippen LogP contribution in [0.25, 0.3) is 0 Å². The second-order valence-corrected chi connectivity index (χ2v) is 7.47. The number of hydrazine groups is 2. The smallest absolute Gasteiger partial charge is 0.332 e. The first-order chi connectivity index (χ1) is 17.0. The van der Waals surface area contributed by atoms with E-state index in [4.69, 9.17) is 19.9 Å². The molecule has 0 saturated carbocycles. The van der Waals surface area contributed by atoms with Crippen LogP contribution in [-0.2, 0) is 9.59 Å². The summed E-state index contributed by atoms with van der Waals surface area (Å²) in [5.74, 6) is -4.26. The van der Waals surface area contributed by atoms with Crippen molar-refractivity contribution in [3.63, 3.8) is 0 Å². The number of nitro benzene ring substituents is 2. The maximum absolute atomic E-state index is 12.2. The van der Waals surface area contributed by atoms with E-state index in [-0.39, 0.29) is 35.9 Å². The fourth-order valence-electron chi connectivity index (χ4n) is 3.64. The van der Waals surface area contributed by atoms with E-state index in [2.05, 4.69) is 10.6 Å². The van der Waals surface area contributed by atoms with Crippen molar-refractivity contribution in [2.45, 2.75) is 37.8 Å². The van der Waals surface area contributed by atoms with E-state index in [1.165, 1.54) is 0 Å². The van der Waals surface area contributed by atoms with Crippen molar-refractivity contribution in [2.75, 3.05) is 13.1 Å². The normalized spacial score (nSPS) is 20.3. The summed E-state index contributed by atoms with van der Waals surface area (Å²) in [6.45, 7) is 0.0200. The highest BCUT2D eigenvalue weighted by Crippen LogP contribution is 2.39. The largest absolute Gasteiger partial charge is 0.569 e. The van der Waals surface area contributed by atoms with E-state index < -0.39 is 56.7 Å². The maximum atomic E-state index is 12.2. The molecule has 1 aromatic rings. The molecular weight excluding hydrogens is 496 g/mol. The van der Waals surface area contributed by atoms with Gasteiger partial charge in [-0.1, -0.05) is 0 Å². The molecule has 36 heavy (non-hydrogen) atoms. The molecule has 2 aliphatic rings. The van der Waals surface area contributed by atoms with Gasteiger partial charge in [-0.3, -0.25) is 29.9 Å². The quantitative estimate of drug-likeness (QED) is 0.190. The number of benzene rings is 1. The minimum Gasteiger partial charge on any atom is -0.569 e. The summed E-state index contributed by atoms with van der Waals surface area (Å²) in [5, 5.41) is 73.2. The Hall–Kier alpha value is -5.04. The monoisotopic (exact) mass is 514 g/mol. The van der Waals surface area contributed by atoms with Gasteiger partial charge in [-0.05, 0) is 25.7 Å². The van der Waals surface area contributed by atoms with Gasteiger partial charge < -0.3 is 20.6 Å². The van der Waals surface area contributed by atoms with Crippen molar-refractivity contribution in [1.82, 2.24) is 10.0 Å². The van der Waals surface area contributed by atoms with Crippen LogP contribution in [0.2, 0.25) is 0 Å². The van der Waals surface area contributed by atoms with Crippen molar-refractivity contribution in [3.05, 3.63) is 42.8 Å². The molecule has 2 saturated heterocycles. The predicted molar refractivity (Wildman–Crippen MR) is 108 cm³/mol. The highest BCUT2D eigenvalue weighted by atomic mass is 16.7. The lowest BCUT2D eigenvalue weighted by Gasteiger charge is -2.16. The zero-order chi connectivity index (χ0) is 26.6. The minimum absolute atomic E-state index is 0.0100. The number of carbonyl (C=O) groups is 2. The first-order valence-electron chi connectivity index (χ1n) is 10.2. The topological polar surface area (TPSA) is 263 Å². The van der Waals surface area contributed by atoms with Crippen LogP contribution >= 0.6 is 0 Å². The Labute approximate surface area is 199 Å². The Morgan fingerprint density at radius 3 is 1.53 bits per heavy atom. The molecule has 20 heteroatoms. The van der Waals surface area contributed by atoms with Gasteiger partial charge in [0.1, 0.15) is 6.07 Å². The Bertz CT molecular complexity index is 1060. The van der Waals surface area contributed by atoms with Gasteiger partial charge in [0.15, 0.2) is 12.1 Å². The van der Waals surface area contributed by atoms with E-state index in [0.29, 0.717) is 25.0 Å². The van der Waals surface area contributed by atoms with Crippen molar-refractivity contribution in [1.29, 1.82) is 0 Å². The van der Waals surface area contributed by atoms with E-state index >= 15 is 0 Å². The number of hydrogen-bond acceptors (Lipinski definition) is 12.